The molecule has 162 valence electrons. The fourth-order valence-electron chi connectivity index (χ4n) is 3.40. The van der Waals surface area contributed by atoms with E-state index >= 15 is 0 Å². The molecule has 5 nitrogen and oxygen atoms in total. The monoisotopic (exact) mass is 447 g/mol. The number of carbonyl (C=O) groups excluding carboxylic acids is 1. The zero-order valence-corrected chi connectivity index (χ0v) is 19.9. The van der Waals surface area contributed by atoms with Crippen molar-refractivity contribution < 1.29 is 9.53 Å². The zero-order valence-electron chi connectivity index (χ0n) is 18.3. The number of thiazole rings is 1. The summed E-state index contributed by atoms with van der Waals surface area (Å²) in [4.78, 5) is 22.4. The van der Waals surface area contributed by atoms with Gasteiger partial charge in [-0.3, -0.25) is 9.69 Å². The van der Waals surface area contributed by atoms with Gasteiger partial charge >= 0.3 is 0 Å². The Hall–Kier alpha value is -2.15. The number of halogens is 1. The minimum Gasteiger partial charge on any atom is -0.497 e. The van der Waals surface area contributed by atoms with Crippen LogP contribution in [0.25, 0.3) is 10.2 Å². The SMILES string of the molecule is CCN(CC)CCN(C(=O)c1ccc(C)cc1C)c1nc2cc(OC)ccc2s1.Cl. The van der Waals surface area contributed by atoms with Crippen molar-refractivity contribution in [3.05, 3.63) is 53.1 Å². The molecular weight excluding hydrogens is 418 g/mol. The van der Waals surface area contributed by atoms with Crippen LogP contribution in [0.1, 0.15) is 35.3 Å². The molecule has 0 radical (unpaired) electrons. The topological polar surface area (TPSA) is 45.7 Å². The molecule has 0 unspecified atom stereocenters. The summed E-state index contributed by atoms with van der Waals surface area (Å²) >= 11 is 1.54. The van der Waals surface area contributed by atoms with Gasteiger partial charge in [0.1, 0.15) is 5.75 Å². The maximum Gasteiger partial charge on any atom is 0.260 e. The standard InChI is InChI=1S/C23H29N3O2S.ClH/c1-6-25(7-2)12-13-26(22(27)19-10-8-16(3)14-17(19)4)23-24-20-15-18(28-5)9-11-21(20)29-23;/h8-11,14-15H,6-7,12-13H2,1-5H3;1H. The lowest BCUT2D eigenvalue weighted by atomic mass is 10.0. The lowest BCUT2D eigenvalue weighted by molar-refractivity contribution is 0.0983. The molecule has 0 spiro atoms. The Morgan fingerprint density at radius 1 is 1.07 bits per heavy atom. The predicted molar refractivity (Wildman–Crippen MR) is 129 cm³/mol. The number of ether oxygens (including phenoxy) is 1. The van der Waals surface area contributed by atoms with Crippen LogP contribution in [0.3, 0.4) is 0 Å². The number of hydrogen-bond donors (Lipinski definition) is 0. The van der Waals surface area contributed by atoms with Gasteiger partial charge in [-0.05, 0) is 50.7 Å². The number of nitrogens with zero attached hydrogens (tertiary/aromatic N) is 3. The minimum absolute atomic E-state index is 0. The van der Waals surface area contributed by atoms with Gasteiger partial charge in [-0.1, -0.05) is 42.9 Å². The number of anilines is 1. The van der Waals surface area contributed by atoms with Gasteiger partial charge in [0.2, 0.25) is 0 Å². The summed E-state index contributed by atoms with van der Waals surface area (Å²) in [5.74, 6) is 0.769. The van der Waals surface area contributed by atoms with E-state index in [-0.39, 0.29) is 18.3 Å². The highest BCUT2D eigenvalue weighted by atomic mass is 35.5. The number of amides is 1. The van der Waals surface area contributed by atoms with Crippen molar-refractivity contribution in [2.45, 2.75) is 27.7 Å². The van der Waals surface area contributed by atoms with Gasteiger partial charge < -0.3 is 9.64 Å². The van der Waals surface area contributed by atoms with Crippen LogP contribution in [0, 0.1) is 13.8 Å². The zero-order chi connectivity index (χ0) is 21.0. The molecule has 3 aromatic rings. The van der Waals surface area contributed by atoms with E-state index in [0.717, 1.165) is 57.4 Å². The van der Waals surface area contributed by atoms with Gasteiger partial charge in [-0.25, -0.2) is 4.98 Å². The molecule has 30 heavy (non-hydrogen) atoms. The molecule has 7 heteroatoms. The second kappa shape index (κ2) is 10.8. The van der Waals surface area contributed by atoms with Crippen LogP contribution < -0.4 is 9.64 Å². The fourth-order valence-corrected chi connectivity index (χ4v) is 4.37. The van der Waals surface area contributed by atoms with Crippen LogP contribution in [-0.4, -0.2) is 49.1 Å². The Morgan fingerprint density at radius 2 is 1.80 bits per heavy atom. The molecule has 1 amide bonds. The number of methoxy groups -OCH3 is 1. The van der Waals surface area contributed by atoms with E-state index in [2.05, 4.69) is 24.8 Å². The minimum atomic E-state index is 0. The van der Waals surface area contributed by atoms with Gasteiger partial charge in [0.05, 0.1) is 17.3 Å². The van der Waals surface area contributed by atoms with E-state index < -0.39 is 0 Å². The van der Waals surface area contributed by atoms with E-state index in [1.165, 1.54) is 0 Å². The van der Waals surface area contributed by atoms with Crippen molar-refractivity contribution in [2.75, 3.05) is 38.2 Å². The van der Waals surface area contributed by atoms with Crippen molar-refractivity contribution >= 4 is 45.0 Å². The number of hydrogen-bond acceptors (Lipinski definition) is 5. The summed E-state index contributed by atoms with van der Waals surface area (Å²) in [6, 6.07) is 11.8. The summed E-state index contributed by atoms with van der Waals surface area (Å²) in [5, 5.41) is 0.727. The van der Waals surface area contributed by atoms with Gasteiger partial charge in [0.15, 0.2) is 5.13 Å². The van der Waals surface area contributed by atoms with Gasteiger partial charge in [-0.15, -0.1) is 12.4 Å². The lowest BCUT2D eigenvalue weighted by Crippen LogP contribution is -2.39. The molecule has 0 bridgehead atoms. The first-order chi connectivity index (χ1) is 14.0. The van der Waals surface area contributed by atoms with Crippen LogP contribution in [0.5, 0.6) is 5.75 Å². The van der Waals surface area contributed by atoms with Crippen molar-refractivity contribution in [3.63, 3.8) is 0 Å². The van der Waals surface area contributed by atoms with Gasteiger partial charge in [-0.2, -0.15) is 0 Å². The molecule has 3 rings (SSSR count). The maximum atomic E-state index is 13.5. The highest BCUT2D eigenvalue weighted by Crippen LogP contribution is 2.32. The Kier molecular flexibility index (Phi) is 8.65. The third-order valence-corrected chi connectivity index (χ3v) is 6.27. The number of fused-ring (bicyclic) bond motifs is 1. The molecule has 0 saturated heterocycles. The summed E-state index contributed by atoms with van der Waals surface area (Å²) in [5.41, 5.74) is 3.73. The van der Waals surface area contributed by atoms with Crippen LogP contribution in [0.15, 0.2) is 36.4 Å². The molecule has 0 atom stereocenters. The predicted octanol–water partition coefficient (Wildman–Crippen LogP) is 5.33. The first kappa shape index (κ1) is 24.1. The highest BCUT2D eigenvalue weighted by molar-refractivity contribution is 7.22. The number of likely N-dealkylation sites (N-methyl/N-ethyl adjacent to an activating group) is 1. The molecule has 2 aromatic carbocycles. The number of aromatic nitrogens is 1. The number of aryl methyl sites for hydroxylation is 2. The Balaban J connectivity index is 0.00000320. The second-order valence-corrected chi connectivity index (χ2v) is 8.14. The average molecular weight is 448 g/mol. The highest BCUT2D eigenvalue weighted by Gasteiger charge is 2.23. The van der Waals surface area contributed by atoms with Crippen molar-refractivity contribution in [2.24, 2.45) is 0 Å². The van der Waals surface area contributed by atoms with E-state index in [4.69, 9.17) is 9.72 Å². The summed E-state index contributed by atoms with van der Waals surface area (Å²) in [7, 11) is 1.65. The molecule has 0 fully saturated rings. The molecule has 1 aromatic heterocycles. The molecule has 0 aliphatic rings. The smallest absolute Gasteiger partial charge is 0.260 e. The van der Waals surface area contributed by atoms with E-state index in [1.807, 2.05) is 49.1 Å². The van der Waals surface area contributed by atoms with E-state index in [0.29, 0.717) is 6.54 Å². The summed E-state index contributed by atoms with van der Waals surface area (Å²) < 4.78 is 6.36. The maximum absolute atomic E-state index is 13.5. The van der Waals surface area contributed by atoms with Crippen molar-refractivity contribution in [1.82, 2.24) is 9.88 Å². The average Bonchev–Trinajstić information content (AvgIpc) is 3.13. The molecule has 0 saturated carbocycles. The van der Waals surface area contributed by atoms with Gasteiger partial charge in [0.25, 0.3) is 5.91 Å². The number of rotatable bonds is 8. The Labute approximate surface area is 189 Å². The molecule has 0 aliphatic carbocycles. The first-order valence-electron chi connectivity index (χ1n) is 10.0. The normalized spacial score (nSPS) is 10.9. The third kappa shape index (κ3) is 5.31. The fraction of sp³-hybridized carbons (Fsp3) is 0.391. The Morgan fingerprint density at radius 3 is 2.43 bits per heavy atom. The second-order valence-electron chi connectivity index (χ2n) is 7.13. The van der Waals surface area contributed by atoms with Crippen molar-refractivity contribution in [3.8, 4) is 5.75 Å². The summed E-state index contributed by atoms with van der Waals surface area (Å²) in [6.45, 7) is 11.6. The summed E-state index contributed by atoms with van der Waals surface area (Å²) in [6.07, 6.45) is 0. The van der Waals surface area contributed by atoms with E-state index in [9.17, 15) is 4.79 Å². The lowest BCUT2D eigenvalue weighted by Gasteiger charge is -2.25. The quantitative estimate of drug-likeness (QED) is 0.468. The molecule has 0 aliphatic heterocycles. The third-order valence-electron chi connectivity index (χ3n) is 5.21. The molecule has 0 N–H and O–H groups in total. The van der Waals surface area contributed by atoms with Crippen LogP contribution >= 0.6 is 23.7 Å². The van der Waals surface area contributed by atoms with Crippen LogP contribution in [0.4, 0.5) is 5.13 Å². The van der Waals surface area contributed by atoms with E-state index in [1.54, 1.807) is 18.4 Å². The number of benzene rings is 2. The molecular formula is C23H30ClN3O2S. The number of carbonyl (C=O) groups is 1. The van der Waals surface area contributed by atoms with Gasteiger partial charge in [0, 0.05) is 24.7 Å². The van der Waals surface area contributed by atoms with Crippen molar-refractivity contribution in [1.29, 1.82) is 0 Å². The molecule has 1 heterocycles. The Bertz CT molecular complexity index is 1000. The van der Waals surface area contributed by atoms with Crippen LogP contribution in [-0.2, 0) is 0 Å². The largest absolute Gasteiger partial charge is 0.497 e. The van der Waals surface area contributed by atoms with Crippen LogP contribution in [0.2, 0.25) is 0 Å². The first-order valence-corrected chi connectivity index (χ1v) is 10.8.